The summed E-state index contributed by atoms with van der Waals surface area (Å²) in [5.74, 6) is -0.209. The lowest BCUT2D eigenvalue weighted by atomic mass is 10.2. The highest BCUT2D eigenvalue weighted by Crippen LogP contribution is 2.25. The normalized spacial score (nSPS) is 13.2. The van der Waals surface area contributed by atoms with Gasteiger partial charge in [-0.25, -0.2) is 8.42 Å². The van der Waals surface area contributed by atoms with Crippen molar-refractivity contribution in [3.63, 3.8) is 0 Å². The van der Waals surface area contributed by atoms with E-state index in [1.807, 2.05) is 4.90 Å². The Morgan fingerprint density at radius 1 is 1.40 bits per heavy atom. The summed E-state index contributed by atoms with van der Waals surface area (Å²) in [4.78, 5) is 1.86. The van der Waals surface area contributed by atoms with Gasteiger partial charge in [0.1, 0.15) is 0 Å². The first-order valence-corrected chi connectivity index (χ1v) is 8.43. The lowest BCUT2D eigenvalue weighted by molar-refractivity contribution is 0.327. The molecule has 1 rings (SSSR count). The largest absolute Gasteiger partial charge is 0.304 e. The van der Waals surface area contributed by atoms with E-state index < -0.39 is 9.84 Å². The van der Waals surface area contributed by atoms with Crippen LogP contribution in [-0.2, 0) is 9.84 Å². The second kappa shape index (κ2) is 7.28. The second-order valence-corrected chi connectivity index (χ2v) is 7.61. The van der Waals surface area contributed by atoms with Crippen LogP contribution in [0.3, 0.4) is 0 Å². The third-order valence-corrected chi connectivity index (χ3v) is 5.18. The summed E-state index contributed by atoms with van der Waals surface area (Å²) in [5, 5.41) is 9.23. The molecule has 1 aromatic rings. The molecule has 0 aliphatic carbocycles. The summed E-state index contributed by atoms with van der Waals surface area (Å²) in [5.41, 5.74) is 0. The molecule has 1 atom stereocenters. The average molecular weight is 335 g/mol. The summed E-state index contributed by atoms with van der Waals surface area (Å²) >= 11 is 11.7. The minimum absolute atomic E-state index is 0.0494. The molecule has 7 heteroatoms. The third-order valence-electron chi connectivity index (χ3n) is 2.78. The number of hydrogen-bond donors (Lipinski definition) is 0. The van der Waals surface area contributed by atoms with Gasteiger partial charge >= 0.3 is 0 Å². The molecule has 0 aromatic heterocycles. The fourth-order valence-electron chi connectivity index (χ4n) is 1.70. The van der Waals surface area contributed by atoms with Crippen molar-refractivity contribution in [3.8, 4) is 6.07 Å². The van der Waals surface area contributed by atoms with E-state index in [2.05, 4.69) is 6.07 Å². The molecule has 0 heterocycles. The van der Waals surface area contributed by atoms with E-state index in [-0.39, 0.29) is 21.6 Å². The maximum Gasteiger partial charge on any atom is 0.181 e. The minimum Gasteiger partial charge on any atom is -0.304 e. The zero-order valence-corrected chi connectivity index (χ0v) is 13.6. The zero-order valence-electron chi connectivity index (χ0n) is 11.3. The average Bonchev–Trinajstić information content (AvgIpc) is 2.39. The molecule has 0 aliphatic rings. The van der Waals surface area contributed by atoms with E-state index in [1.165, 1.54) is 12.1 Å². The van der Waals surface area contributed by atoms with Gasteiger partial charge in [-0.05, 0) is 32.2 Å². The maximum absolute atomic E-state index is 12.2. The van der Waals surface area contributed by atoms with Crippen molar-refractivity contribution in [2.45, 2.75) is 11.8 Å². The predicted molar refractivity (Wildman–Crippen MR) is 80.8 cm³/mol. The van der Waals surface area contributed by atoms with Gasteiger partial charge in [-0.1, -0.05) is 23.2 Å². The van der Waals surface area contributed by atoms with E-state index >= 15 is 0 Å². The lowest BCUT2D eigenvalue weighted by Crippen LogP contribution is -2.29. The Bertz CT molecular complexity index is 611. The van der Waals surface area contributed by atoms with E-state index in [0.717, 1.165) is 0 Å². The minimum atomic E-state index is -3.49. The van der Waals surface area contributed by atoms with Crippen LogP contribution >= 0.6 is 23.2 Å². The molecule has 0 saturated carbocycles. The van der Waals surface area contributed by atoms with Gasteiger partial charge in [0.05, 0.1) is 27.7 Å². The van der Waals surface area contributed by atoms with Gasteiger partial charge in [-0.2, -0.15) is 5.26 Å². The zero-order chi connectivity index (χ0) is 15.3. The molecule has 0 aliphatic heterocycles. The standard InChI is InChI=1S/C13H16Cl2N2O2S/c1-10(8-16)9-17(2)5-6-20(18,19)13-7-11(14)3-4-12(13)15/h3-4,7,10H,5-6,9H2,1-2H3/t10-/m0/s1. The van der Waals surface area contributed by atoms with Gasteiger partial charge in [0.2, 0.25) is 0 Å². The maximum atomic E-state index is 12.2. The molecule has 0 spiro atoms. The Morgan fingerprint density at radius 3 is 2.65 bits per heavy atom. The molecule has 4 nitrogen and oxygen atoms in total. The van der Waals surface area contributed by atoms with E-state index in [1.54, 1.807) is 20.0 Å². The number of rotatable bonds is 6. The topological polar surface area (TPSA) is 61.2 Å². The van der Waals surface area contributed by atoms with Crippen LogP contribution in [-0.4, -0.2) is 39.2 Å². The summed E-state index contributed by atoms with van der Waals surface area (Å²) in [6.45, 7) is 2.64. The van der Waals surface area contributed by atoms with E-state index in [4.69, 9.17) is 28.5 Å². The molecule has 0 fully saturated rings. The number of nitrogens with zero attached hydrogens (tertiary/aromatic N) is 2. The van der Waals surface area contributed by atoms with Crippen LogP contribution in [0.25, 0.3) is 0 Å². The fraction of sp³-hybridized carbons (Fsp3) is 0.462. The summed E-state index contributed by atoms with van der Waals surface area (Å²) in [6, 6.07) is 6.49. The molecule has 0 amide bonds. The van der Waals surface area contributed by atoms with Crippen LogP contribution in [0.1, 0.15) is 6.92 Å². The third kappa shape index (κ3) is 4.95. The molecule has 110 valence electrons. The van der Waals surface area contributed by atoms with Gasteiger partial charge in [0.25, 0.3) is 0 Å². The number of halogens is 2. The van der Waals surface area contributed by atoms with Crippen LogP contribution in [0, 0.1) is 17.2 Å². The quantitative estimate of drug-likeness (QED) is 0.802. The van der Waals surface area contributed by atoms with Crippen molar-refractivity contribution < 1.29 is 8.42 Å². The van der Waals surface area contributed by atoms with Crippen molar-refractivity contribution >= 4 is 33.0 Å². The molecular weight excluding hydrogens is 319 g/mol. The first-order valence-electron chi connectivity index (χ1n) is 6.02. The van der Waals surface area contributed by atoms with Crippen molar-refractivity contribution in [3.05, 3.63) is 28.2 Å². The number of benzene rings is 1. The summed E-state index contributed by atoms with van der Waals surface area (Å²) in [7, 11) is -1.71. The summed E-state index contributed by atoms with van der Waals surface area (Å²) in [6.07, 6.45) is 0. The molecule has 0 radical (unpaired) electrons. The van der Waals surface area contributed by atoms with Crippen LogP contribution in [0.2, 0.25) is 10.0 Å². The van der Waals surface area contributed by atoms with Gasteiger partial charge < -0.3 is 4.90 Å². The molecule has 1 aromatic carbocycles. The monoisotopic (exact) mass is 334 g/mol. The van der Waals surface area contributed by atoms with Crippen molar-refractivity contribution in [2.24, 2.45) is 5.92 Å². The SMILES string of the molecule is C[C@@H](C#N)CN(C)CCS(=O)(=O)c1cc(Cl)ccc1Cl. The Labute approximate surface area is 129 Å². The highest BCUT2D eigenvalue weighted by Gasteiger charge is 2.19. The van der Waals surface area contributed by atoms with Crippen LogP contribution in [0.5, 0.6) is 0 Å². The van der Waals surface area contributed by atoms with Gasteiger partial charge in [0, 0.05) is 18.1 Å². The number of nitriles is 1. The van der Waals surface area contributed by atoms with E-state index in [0.29, 0.717) is 18.1 Å². The number of sulfone groups is 1. The van der Waals surface area contributed by atoms with Crippen LogP contribution < -0.4 is 0 Å². The molecule has 20 heavy (non-hydrogen) atoms. The molecular formula is C13H16Cl2N2O2S. The molecule has 0 N–H and O–H groups in total. The van der Waals surface area contributed by atoms with Gasteiger partial charge in [0.15, 0.2) is 9.84 Å². The van der Waals surface area contributed by atoms with Crippen LogP contribution in [0.15, 0.2) is 23.1 Å². The Balaban J connectivity index is 2.76. The fourth-order valence-corrected chi connectivity index (χ4v) is 3.85. The molecule has 0 saturated heterocycles. The first kappa shape index (κ1) is 17.3. The second-order valence-electron chi connectivity index (χ2n) is 4.69. The van der Waals surface area contributed by atoms with Gasteiger partial charge in [-0.3, -0.25) is 0 Å². The molecule has 0 bridgehead atoms. The highest BCUT2D eigenvalue weighted by atomic mass is 35.5. The lowest BCUT2D eigenvalue weighted by Gasteiger charge is -2.17. The Kier molecular flexibility index (Phi) is 6.28. The summed E-state index contributed by atoms with van der Waals surface area (Å²) < 4.78 is 24.5. The van der Waals surface area contributed by atoms with Crippen molar-refractivity contribution in [2.75, 3.05) is 25.9 Å². The van der Waals surface area contributed by atoms with E-state index in [9.17, 15) is 8.42 Å². The van der Waals surface area contributed by atoms with Crippen molar-refractivity contribution in [1.29, 1.82) is 5.26 Å². The Hall–Kier alpha value is -0.800. The van der Waals surface area contributed by atoms with Crippen LogP contribution in [0.4, 0.5) is 0 Å². The predicted octanol–water partition coefficient (Wildman–Crippen LogP) is 2.86. The Morgan fingerprint density at radius 2 is 2.05 bits per heavy atom. The van der Waals surface area contributed by atoms with Gasteiger partial charge in [-0.15, -0.1) is 0 Å². The molecule has 0 unspecified atom stereocenters. The highest BCUT2D eigenvalue weighted by molar-refractivity contribution is 7.91. The van der Waals surface area contributed by atoms with Crippen molar-refractivity contribution in [1.82, 2.24) is 4.90 Å². The first-order chi connectivity index (χ1) is 9.26. The number of hydrogen-bond acceptors (Lipinski definition) is 4. The smallest absolute Gasteiger partial charge is 0.181 e.